The summed E-state index contributed by atoms with van der Waals surface area (Å²) in [6.07, 6.45) is 0.629. The molecule has 6 heteroatoms. The second-order valence-electron chi connectivity index (χ2n) is 4.46. The summed E-state index contributed by atoms with van der Waals surface area (Å²) < 4.78 is 17.7. The van der Waals surface area contributed by atoms with E-state index in [-0.39, 0.29) is 23.8 Å². The van der Waals surface area contributed by atoms with Gasteiger partial charge in [0.05, 0.1) is 6.61 Å². The Morgan fingerprint density at radius 3 is 2.84 bits per heavy atom. The van der Waals surface area contributed by atoms with Gasteiger partial charge in [-0.2, -0.15) is 0 Å². The number of amides is 1. The molecule has 1 heterocycles. The lowest BCUT2D eigenvalue weighted by atomic mass is 10.0. The molecule has 104 valence electrons. The van der Waals surface area contributed by atoms with Gasteiger partial charge < -0.3 is 10.1 Å². The Labute approximate surface area is 111 Å². The van der Waals surface area contributed by atoms with E-state index in [1.54, 1.807) is 19.2 Å². The molecule has 1 aliphatic heterocycles. The molecule has 0 radical (unpaired) electrons. The summed E-state index contributed by atoms with van der Waals surface area (Å²) in [5, 5.41) is 2.78. The molecule has 2 atom stereocenters. The van der Waals surface area contributed by atoms with Gasteiger partial charge in [0.15, 0.2) is 0 Å². The molecule has 0 spiro atoms. The van der Waals surface area contributed by atoms with Crippen molar-refractivity contribution in [2.24, 2.45) is 0 Å². The van der Waals surface area contributed by atoms with Crippen LogP contribution in [-0.4, -0.2) is 32.2 Å². The largest absolute Gasteiger partial charge is 0.383 e. The Balaban J connectivity index is 1.85. The average molecular weight is 267 g/mol. The van der Waals surface area contributed by atoms with Gasteiger partial charge in [-0.3, -0.25) is 4.79 Å². The lowest BCUT2D eigenvalue weighted by molar-refractivity contribution is -0.123. The molecule has 0 aliphatic carbocycles. The van der Waals surface area contributed by atoms with E-state index in [1.165, 1.54) is 12.1 Å². The molecule has 5 nitrogen and oxygen atoms in total. The molecule has 0 aromatic heterocycles. The lowest BCUT2D eigenvalue weighted by Crippen LogP contribution is -2.44. The van der Waals surface area contributed by atoms with Crippen molar-refractivity contribution in [3.8, 4) is 0 Å². The Kier molecular flexibility index (Phi) is 4.84. The highest BCUT2D eigenvalue weighted by molar-refractivity contribution is 5.82. The lowest BCUT2D eigenvalue weighted by Gasteiger charge is -2.10. The second-order valence-corrected chi connectivity index (χ2v) is 4.46. The van der Waals surface area contributed by atoms with Crippen molar-refractivity contribution in [3.63, 3.8) is 0 Å². The van der Waals surface area contributed by atoms with Crippen molar-refractivity contribution in [1.82, 2.24) is 16.2 Å². The van der Waals surface area contributed by atoms with Crippen LogP contribution in [0, 0.1) is 5.82 Å². The number of carbonyl (C=O) groups excluding carboxylic acids is 1. The maximum atomic E-state index is 12.8. The minimum absolute atomic E-state index is 0.0128. The van der Waals surface area contributed by atoms with Gasteiger partial charge in [0.2, 0.25) is 5.91 Å². The smallest absolute Gasteiger partial charge is 0.238 e. The fourth-order valence-corrected chi connectivity index (χ4v) is 2.04. The van der Waals surface area contributed by atoms with Gasteiger partial charge in [-0.05, 0) is 24.1 Å². The summed E-state index contributed by atoms with van der Waals surface area (Å²) >= 11 is 0. The molecule has 19 heavy (non-hydrogen) atoms. The van der Waals surface area contributed by atoms with Crippen molar-refractivity contribution < 1.29 is 13.9 Å². The number of ether oxygens (including phenoxy) is 1. The van der Waals surface area contributed by atoms with Gasteiger partial charge in [0, 0.05) is 19.7 Å². The fourth-order valence-electron chi connectivity index (χ4n) is 2.04. The quantitative estimate of drug-likeness (QED) is 0.680. The molecule has 1 fully saturated rings. The molecular weight excluding hydrogens is 249 g/mol. The van der Waals surface area contributed by atoms with Crippen LogP contribution in [0.3, 0.4) is 0 Å². The third-order valence-electron chi connectivity index (χ3n) is 3.10. The number of hydrazine groups is 1. The van der Waals surface area contributed by atoms with Crippen LogP contribution >= 0.6 is 0 Å². The van der Waals surface area contributed by atoms with Gasteiger partial charge in [-0.25, -0.2) is 15.2 Å². The van der Waals surface area contributed by atoms with E-state index < -0.39 is 0 Å². The first-order valence-corrected chi connectivity index (χ1v) is 6.24. The number of hydrogen-bond acceptors (Lipinski definition) is 4. The highest BCUT2D eigenvalue weighted by atomic mass is 19.1. The maximum Gasteiger partial charge on any atom is 0.238 e. The first kappa shape index (κ1) is 13.9. The van der Waals surface area contributed by atoms with E-state index in [0.717, 1.165) is 5.56 Å². The molecule has 1 aromatic carbocycles. The van der Waals surface area contributed by atoms with Gasteiger partial charge in [-0.15, -0.1) is 0 Å². The minimum atomic E-state index is -0.285. The Morgan fingerprint density at radius 2 is 2.16 bits per heavy atom. The summed E-state index contributed by atoms with van der Waals surface area (Å²) in [6, 6.07) is 6.01. The molecule has 1 aromatic rings. The average Bonchev–Trinajstić information content (AvgIpc) is 2.89. The van der Waals surface area contributed by atoms with Gasteiger partial charge in [0.25, 0.3) is 0 Å². The third-order valence-corrected chi connectivity index (χ3v) is 3.10. The minimum Gasteiger partial charge on any atom is -0.383 e. The maximum absolute atomic E-state index is 12.8. The van der Waals surface area contributed by atoms with E-state index in [9.17, 15) is 9.18 Å². The summed E-state index contributed by atoms with van der Waals surface area (Å²) in [5.74, 6) is -0.322. The van der Waals surface area contributed by atoms with E-state index >= 15 is 0 Å². The molecule has 2 unspecified atom stereocenters. The number of methoxy groups -OCH3 is 1. The van der Waals surface area contributed by atoms with Gasteiger partial charge in [-0.1, -0.05) is 12.1 Å². The van der Waals surface area contributed by atoms with Crippen LogP contribution in [-0.2, 0) is 9.53 Å². The van der Waals surface area contributed by atoms with Crippen LogP contribution in [0.2, 0.25) is 0 Å². The molecule has 0 saturated carbocycles. The second kappa shape index (κ2) is 6.60. The third kappa shape index (κ3) is 3.73. The van der Waals surface area contributed by atoms with Crippen LogP contribution in [0.1, 0.15) is 18.0 Å². The zero-order valence-corrected chi connectivity index (χ0v) is 10.8. The number of rotatable bonds is 5. The molecule has 1 aliphatic rings. The van der Waals surface area contributed by atoms with E-state index in [4.69, 9.17) is 4.74 Å². The number of nitrogens with one attached hydrogen (secondary N) is 3. The Bertz CT molecular complexity index is 424. The van der Waals surface area contributed by atoms with Crippen molar-refractivity contribution in [3.05, 3.63) is 35.6 Å². The van der Waals surface area contributed by atoms with E-state index in [2.05, 4.69) is 16.2 Å². The summed E-state index contributed by atoms with van der Waals surface area (Å²) in [7, 11) is 1.59. The molecule has 3 N–H and O–H groups in total. The number of benzene rings is 1. The van der Waals surface area contributed by atoms with Crippen LogP contribution in [0.15, 0.2) is 24.3 Å². The Morgan fingerprint density at radius 1 is 1.42 bits per heavy atom. The monoisotopic (exact) mass is 267 g/mol. The molecule has 2 rings (SSSR count). The zero-order chi connectivity index (χ0) is 13.7. The summed E-state index contributed by atoms with van der Waals surface area (Å²) in [4.78, 5) is 11.8. The standard InChI is InChI=1S/C13H18FN3O2/c1-19-7-6-15-13(18)12-8-11(16-17-12)9-2-4-10(14)5-3-9/h2-5,11-12,16-17H,6-8H2,1H3,(H,15,18). The molecule has 1 amide bonds. The van der Waals surface area contributed by atoms with Crippen LogP contribution in [0.4, 0.5) is 4.39 Å². The first-order chi connectivity index (χ1) is 9.20. The van der Waals surface area contributed by atoms with Crippen molar-refractivity contribution in [1.29, 1.82) is 0 Å². The topological polar surface area (TPSA) is 62.4 Å². The number of hydrogen-bond donors (Lipinski definition) is 3. The van der Waals surface area contributed by atoms with Gasteiger partial charge >= 0.3 is 0 Å². The number of carbonyl (C=O) groups is 1. The zero-order valence-electron chi connectivity index (χ0n) is 10.8. The first-order valence-electron chi connectivity index (χ1n) is 6.24. The van der Waals surface area contributed by atoms with Crippen LogP contribution in [0.5, 0.6) is 0 Å². The summed E-state index contributed by atoms with van der Waals surface area (Å²) in [5.41, 5.74) is 6.96. The highest BCUT2D eigenvalue weighted by Gasteiger charge is 2.29. The Hall–Kier alpha value is -1.50. The predicted octanol–water partition coefficient (Wildman–Crippen LogP) is 0.496. The highest BCUT2D eigenvalue weighted by Crippen LogP contribution is 2.22. The van der Waals surface area contributed by atoms with E-state index in [0.29, 0.717) is 19.6 Å². The normalized spacial score (nSPS) is 22.4. The molecule has 0 bridgehead atoms. The molecule has 1 saturated heterocycles. The van der Waals surface area contributed by atoms with Crippen molar-refractivity contribution >= 4 is 5.91 Å². The van der Waals surface area contributed by atoms with Gasteiger partial charge in [0.1, 0.15) is 11.9 Å². The van der Waals surface area contributed by atoms with Crippen molar-refractivity contribution in [2.45, 2.75) is 18.5 Å². The van der Waals surface area contributed by atoms with Crippen LogP contribution in [0.25, 0.3) is 0 Å². The molecular formula is C13H18FN3O2. The van der Waals surface area contributed by atoms with E-state index in [1.807, 2.05) is 0 Å². The fraction of sp³-hybridized carbons (Fsp3) is 0.462. The van der Waals surface area contributed by atoms with Crippen LogP contribution < -0.4 is 16.2 Å². The van der Waals surface area contributed by atoms with Crippen molar-refractivity contribution in [2.75, 3.05) is 20.3 Å². The SMILES string of the molecule is COCCNC(=O)C1CC(c2ccc(F)cc2)NN1. The number of halogens is 1. The predicted molar refractivity (Wildman–Crippen MR) is 68.7 cm³/mol. The summed E-state index contributed by atoms with van der Waals surface area (Å²) in [6.45, 7) is 0.988.